The molecule has 0 heterocycles. The maximum Gasteiger partial charge on any atom is 0.130 e. The molecule has 0 bridgehead atoms. The second kappa shape index (κ2) is 5.63. The van der Waals surface area contributed by atoms with E-state index in [-0.39, 0.29) is 5.41 Å². The second-order valence-electron chi connectivity index (χ2n) is 8.60. The van der Waals surface area contributed by atoms with E-state index in [2.05, 4.69) is 24.1 Å². The monoisotopic (exact) mass is 327 g/mol. The number of terminal acetylenes is 1. The molecule has 130 valence electrons. The smallest absolute Gasteiger partial charge is 0.130 e. The van der Waals surface area contributed by atoms with Gasteiger partial charge in [0.25, 0.3) is 0 Å². The van der Waals surface area contributed by atoms with Crippen LogP contribution in [0.15, 0.2) is 16.8 Å². The Labute approximate surface area is 145 Å². The van der Waals surface area contributed by atoms with Crippen molar-refractivity contribution in [1.29, 1.82) is 0 Å². The van der Waals surface area contributed by atoms with Gasteiger partial charge in [0.05, 0.1) is 5.71 Å². The van der Waals surface area contributed by atoms with Crippen molar-refractivity contribution in [3.8, 4) is 12.3 Å². The first-order valence-corrected chi connectivity index (χ1v) is 9.53. The lowest BCUT2D eigenvalue weighted by Crippen LogP contribution is -2.52. The van der Waals surface area contributed by atoms with E-state index >= 15 is 0 Å². The molecule has 24 heavy (non-hydrogen) atoms. The highest BCUT2D eigenvalue weighted by Gasteiger charge is 2.61. The van der Waals surface area contributed by atoms with Gasteiger partial charge in [0.2, 0.25) is 0 Å². The standard InChI is InChI=1S/C21H29NO2/c1-4-21(23)12-10-19-18-7-5-14-13-15(22-24-3)6-8-16(14)17(18)9-11-20(19,21)2/h1,13,16-19,23H,5-12H2,2-3H3/b22-15-/t16-,17+,18+,19-,20-,21+/m0/s1. The summed E-state index contributed by atoms with van der Waals surface area (Å²) >= 11 is 0. The Kier molecular flexibility index (Phi) is 3.80. The fraction of sp³-hybridized carbons (Fsp3) is 0.762. The van der Waals surface area contributed by atoms with Gasteiger partial charge in [-0.15, -0.1) is 6.42 Å². The minimum atomic E-state index is -0.885. The lowest BCUT2D eigenvalue weighted by molar-refractivity contribution is -0.0852. The average molecular weight is 327 g/mol. The number of hydrogen-bond acceptors (Lipinski definition) is 3. The van der Waals surface area contributed by atoms with Crippen molar-refractivity contribution in [2.75, 3.05) is 7.11 Å². The summed E-state index contributed by atoms with van der Waals surface area (Å²) in [7, 11) is 1.63. The molecular weight excluding hydrogens is 298 g/mol. The first kappa shape index (κ1) is 16.2. The molecule has 0 saturated heterocycles. The van der Waals surface area contributed by atoms with Gasteiger partial charge in [-0.1, -0.05) is 23.6 Å². The number of aliphatic hydroxyl groups is 1. The summed E-state index contributed by atoms with van der Waals surface area (Å²) in [6.07, 6.45) is 16.9. The van der Waals surface area contributed by atoms with Gasteiger partial charge in [-0.3, -0.25) is 0 Å². The van der Waals surface area contributed by atoms with E-state index in [9.17, 15) is 5.11 Å². The van der Waals surface area contributed by atoms with Crippen LogP contribution in [0.2, 0.25) is 0 Å². The van der Waals surface area contributed by atoms with Crippen LogP contribution in [0.3, 0.4) is 0 Å². The van der Waals surface area contributed by atoms with Crippen LogP contribution >= 0.6 is 0 Å². The van der Waals surface area contributed by atoms with Crippen LogP contribution in [0.1, 0.15) is 58.3 Å². The summed E-state index contributed by atoms with van der Waals surface area (Å²) in [5, 5.41) is 15.2. The first-order chi connectivity index (χ1) is 11.5. The fourth-order valence-electron chi connectivity index (χ4n) is 6.64. The molecule has 0 spiro atoms. The summed E-state index contributed by atoms with van der Waals surface area (Å²) in [5.41, 5.74) is 1.72. The number of rotatable bonds is 1. The van der Waals surface area contributed by atoms with E-state index in [0.29, 0.717) is 11.8 Å². The second-order valence-corrected chi connectivity index (χ2v) is 8.60. The SMILES string of the molecule is C#C[C@@]1(O)CC[C@H]2[C@@H]3CCC4=C/C(=N\OC)CC[C@@H]4[C@H]3CC[C@@]21C. The Balaban J connectivity index is 1.61. The summed E-state index contributed by atoms with van der Waals surface area (Å²) in [5.74, 6) is 5.57. The molecule has 0 aromatic carbocycles. The van der Waals surface area contributed by atoms with Gasteiger partial charge >= 0.3 is 0 Å². The van der Waals surface area contributed by atoms with E-state index < -0.39 is 5.60 Å². The average Bonchev–Trinajstić information content (AvgIpc) is 2.87. The van der Waals surface area contributed by atoms with Crippen LogP contribution in [0.25, 0.3) is 0 Å². The summed E-state index contributed by atoms with van der Waals surface area (Å²) in [6.45, 7) is 2.26. The molecule has 4 aliphatic carbocycles. The summed E-state index contributed by atoms with van der Waals surface area (Å²) in [6, 6.07) is 0. The van der Waals surface area contributed by atoms with Crippen LogP contribution in [0.5, 0.6) is 0 Å². The lowest BCUT2D eigenvalue weighted by Gasteiger charge is -2.54. The van der Waals surface area contributed by atoms with Crippen LogP contribution in [0.4, 0.5) is 0 Å². The Morgan fingerprint density at radius 2 is 2.04 bits per heavy atom. The molecule has 0 aromatic heterocycles. The minimum absolute atomic E-state index is 0.0819. The lowest BCUT2D eigenvalue weighted by atomic mass is 9.50. The predicted octanol–water partition coefficient (Wildman–Crippen LogP) is 3.93. The zero-order valence-electron chi connectivity index (χ0n) is 14.9. The Hall–Kier alpha value is -1.27. The van der Waals surface area contributed by atoms with Gasteiger partial charge in [-0.2, -0.15) is 0 Å². The molecule has 3 nitrogen and oxygen atoms in total. The molecule has 0 unspecified atom stereocenters. The topological polar surface area (TPSA) is 41.8 Å². The first-order valence-electron chi connectivity index (χ1n) is 9.53. The number of nitrogens with zero attached hydrogens (tertiary/aromatic N) is 1. The normalized spacial score (nSPS) is 48.8. The molecule has 1 N–H and O–H groups in total. The van der Waals surface area contributed by atoms with E-state index in [1.165, 1.54) is 25.7 Å². The van der Waals surface area contributed by atoms with Crippen molar-refractivity contribution in [3.05, 3.63) is 11.6 Å². The molecule has 3 heteroatoms. The van der Waals surface area contributed by atoms with Crippen molar-refractivity contribution in [3.63, 3.8) is 0 Å². The quantitative estimate of drug-likeness (QED) is 0.586. The largest absolute Gasteiger partial charge is 0.399 e. The van der Waals surface area contributed by atoms with Crippen LogP contribution in [-0.2, 0) is 4.84 Å². The molecular formula is C21H29NO2. The van der Waals surface area contributed by atoms with Gasteiger partial charge in [-0.05, 0) is 81.1 Å². The van der Waals surface area contributed by atoms with Crippen molar-refractivity contribution >= 4 is 5.71 Å². The summed E-state index contributed by atoms with van der Waals surface area (Å²) in [4.78, 5) is 4.97. The Bertz CT molecular complexity index is 630. The maximum absolute atomic E-state index is 11.0. The van der Waals surface area contributed by atoms with E-state index in [1.807, 2.05) is 0 Å². The van der Waals surface area contributed by atoms with Gasteiger partial charge in [0, 0.05) is 5.41 Å². The van der Waals surface area contributed by atoms with Crippen molar-refractivity contribution in [1.82, 2.24) is 0 Å². The van der Waals surface area contributed by atoms with Crippen molar-refractivity contribution in [2.24, 2.45) is 34.2 Å². The summed E-state index contributed by atoms with van der Waals surface area (Å²) < 4.78 is 0. The van der Waals surface area contributed by atoms with Crippen molar-refractivity contribution < 1.29 is 9.94 Å². The van der Waals surface area contributed by atoms with Gasteiger partial charge in [-0.25, -0.2) is 0 Å². The maximum atomic E-state index is 11.0. The number of fused-ring (bicyclic) bond motifs is 5. The highest BCUT2D eigenvalue weighted by molar-refractivity contribution is 5.96. The predicted molar refractivity (Wildman–Crippen MR) is 95.3 cm³/mol. The Morgan fingerprint density at radius 1 is 1.21 bits per heavy atom. The van der Waals surface area contributed by atoms with E-state index in [0.717, 1.165) is 43.2 Å². The van der Waals surface area contributed by atoms with Crippen LogP contribution in [-0.4, -0.2) is 23.5 Å². The fourth-order valence-corrected chi connectivity index (χ4v) is 6.64. The minimum Gasteiger partial charge on any atom is -0.399 e. The zero-order chi connectivity index (χ0) is 16.9. The molecule has 0 radical (unpaired) electrons. The molecule has 4 rings (SSSR count). The van der Waals surface area contributed by atoms with Gasteiger partial charge in [0.15, 0.2) is 0 Å². The molecule has 0 amide bonds. The third kappa shape index (κ3) is 2.12. The number of hydrogen-bond donors (Lipinski definition) is 1. The highest BCUT2D eigenvalue weighted by atomic mass is 16.6. The zero-order valence-corrected chi connectivity index (χ0v) is 14.9. The van der Waals surface area contributed by atoms with Crippen molar-refractivity contribution in [2.45, 2.75) is 63.9 Å². The molecule has 4 aliphatic rings. The molecule has 3 saturated carbocycles. The van der Waals surface area contributed by atoms with Crippen LogP contribution in [0, 0.1) is 41.4 Å². The highest BCUT2D eigenvalue weighted by Crippen LogP contribution is 2.64. The molecule has 0 aromatic rings. The Morgan fingerprint density at radius 3 is 2.79 bits per heavy atom. The molecule has 0 aliphatic heterocycles. The van der Waals surface area contributed by atoms with E-state index in [4.69, 9.17) is 11.3 Å². The van der Waals surface area contributed by atoms with Crippen LogP contribution < -0.4 is 0 Å². The third-order valence-electron chi connectivity index (χ3n) is 7.91. The number of allylic oxidation sites excluding steroid dienone is 2. The third-order valence-corrected chi connectivity index (χ3v) is 7.91. The molecule has 3 fully saturated rings. The van der Waals surface area contributed by atoms with Gasteiger partial charge in [0.1, 0.15) is 12.7 Å². The van der Waals surface area contributed by atoms with Gasteiger partial charge < -0.3 is 9.94 Å². The van der Waals surface area contributed by atoms with E-state index in [1.54, 1.807) is 12.7 Å². The number of oxime groups is 1. The molecule has 6 atom stereocenters.